The molecule has 1 aromatic rings. The van der Waals surface area contributed by atoms with Gasteiger partial charge in [-0.15, -0.1) is 0 Å². The maximum Gasteiger partial charge on any atom is 0.308 e. The molecule has 1 rings (SSSR count). The smallest absolute Gasteiger partial charge is 0.308 e. The van der Waals surface area contributed by atoms with E-state index in [4.69, 9.17) is 5.11 Å². The average Bonchev–Trinajstić information content (AvgIpc) is 2.67. The van der Waals surface area contributed by atoms with Crippen LogP contribution in [0.1, 0.15) is 12.6 Å². The van der Waals surface area contributed by atoms with E-state index in [1.165, 1.54) is 20.4 Å². The summed E-state index contributed by atoms with van der Waals surface area (Å²) in [5.74, 6) is 0. The van der Waals surface area contributed by atoms with Crippen LogP contribution >= 0.6 is 22.6 Å². The molecule has 0 amide bonds. The van der Waals surface area contributed by atoms with Gasteiger partial charge in [-0.3, -0.25) is 0 Å². The molecule has 18 heavy (non-hydrogen) atoms. The molecular formula is C10H16IN3O3S. The predicted octanol–water partition coefficient (Wildman–Crippen LogP) is 0.623. The SMILES string of the molecule is C/C(=C\Cc1c(I)ncn1S(=O)(=O)N(C)C)CO. The monoisotopic (exact) mass is 385 g/mol. The van der Waals surface area contributed by atoms with Crippen LogP contribution in [-0.2, 0) is 16.6 Å². The Balaban J connectivity index is 3.18. The van der Waals surface area contributed by atoms with Crippen molar-refractivity contribution in [2.75, 3.05) is 20.7 Å². The van der Waals surface area contributed by atoms with Gasteiger partial charge in [0.2, 0.25) is 0 Å². The summed E-state index contributed by atoms with van der Waals surface area (Å²) < 4.78 is 27.0. The molecule has 6 nitrogen and oxygen atoms in total. The summed E-state index contributed by atoms with van der Waals surface area (Å²) >= 11 is 2.00. The van der Waals surface area contributed by atoms with Gasteiger partial charge in [-0.05, 0) is 29.5 Å². The number of aromatic nitrogens is 2. The van der Waals surface area contributed by atoms with Crippen LogP contribution in [0.5, 0.6) is 0 Å². The van der Waals surface area contributed by atoms with Gasteiger partial charge in [0, 0.05) is 20.5 Å². The minimum Gasteiger partial charge on any atom is -0.392 e. The fourth-order valence-corrected chi connectivity index (χ4v) is 2.95. The summed E-state index contributed by atoms with van der Waals surface area (Å²) in [7, 11) is -0.604. The highest BCUT2D eigenvalue weighted by atomic mass is 127. The van der Waals surface area contributed by atoms with Crippen molar-refractivity contribution in [1.29, 1.82) is 0 Å². The quantitative estimate of drug-likeness (QED) is 0.596. The number of aliphatic hydroxyl groups excluding tert-OH is 1. The zero-order chi connectivity index (χ0) is 13.9. The van der Waals surface area contributed by atoms with Gasteiger partial charge in [-0.2, -0.15) is 12.7 Å². The summed E-state index contributed by atoms with van der Waals surface area (Å²) in [6, 6.07) is 0. The fraction of sp³-hybridized carbons (Fsp3) is 0.500. The molecule has 0 aromatic carbocycles. The summed E-state index contributed by atoms with van der Waals surface area (Å²) in [5, 5.41) is 8.93. The minimum atomic E-state index is -3.55. The molecule has 0 atom stereocenters. The van der Waals surface area contributed by atoms with Crippen molar-refractivity contribution in [2.24, 2.45) is 0 Å². The van der Waals surface area contributed by atoms with Gasteiger partial charge < -0.3 is 5.11 Å². The lowest BCUT2D eigenvalue weighted by Crippen LogP contribution is -2.29. The maximum absolute atomic E-state index is 12.1. The molecule has 0 spiro atoms. The Kier molecular flexibility index (Phi) is 5.32. The van der Waals surface area contributed by atoms with Gasteiger partial charge in [0.05, 0.1) is 12.3 Å². The van der Waals surface area contributed by atoms with E-state index in [0.29, 0.717) is 15.8 Å². The van der Waals surface area contributed by atoms with Gasteiger partial charge in [0.25, 0.3) is 0 Å². The van der Waals surface area contributed by atoms with Gasteiger partial charge in [-0.25, -0.2) is 8.96 Å². The molecule has 8 heteroatoms. The summed E-state index contributed by atoms with van der Waals surface area (Å²) in [5.41, 5.74) is 1.39. The zero-order valence-corrected chi connectivity index (χ0v) is 13.4. The molecule has 0 fully saturated rings. The molecule has 0 radical (unpaired) electrons. The summed E-state index contributed by atoms with van der Waals surface area (Å²) in [6.45, 7) is 1.75. The molecule has 0 aliphatic rings. The number of rotatable bonds is 5. The number of aliphatic hydroxyl groups is 1. The van der Waals surface area contributed by atoms with Crippen molar-refractivity contribution >= 4 is 32.8 Å². The van der Waals surface area contributed by atoms with Crippen molar-refractivity contribution < 1.29 is 13.5 Å². The van der Waals surface area contributed by atoms with E-state index >= 15 is 0 Å². The van der Waals surface area contributed by atoms with Crippen LogP contribution < -0.4 is 0 Å². The lowest BCUT2D eigenvalue weighted by Gasteiger charge is -2.14. The molecular weight excluding hydrogens is 369 g/mol. The van der Waals surface area contributed by atoms with E-state index in [9.17, 15) is 8.42 Å². The molecule has 0 aliphatic heterocycles. The van der Waals surface area contributed by atoms with Crippen molar-refractivity contribution in [3.05, 3.63) is 27.4 Å². The Morgan fingerprint density at radius 3 is 2.72 bits per heavy atom. The first-order valence-electron chi connectivity index (χ1n) is 5.22. The molecule has 1 heterocycles. The first-order valence-corrected chi connectivity index (χ1v) is 7.69. The number of hydrogen-bond acceptors (Lipinski definition) is 4. The topological polar surface area (TPSA) is 75.4 Å². The molecule has 1 N–H and O–H groups in total. The molecule has 1 aromatic heterocycles. The van der Waals surface area contributed by atoms with E-state index in [1.54, 1.807) is 13.0 Å². The van der Waals surface area contributed by atoms with Gasteiger partial charge in [0.15, 0.2) is 0 Å². The summed E-state index contributed by atoms with van der Waals surface area (Å²) in [4.78, 5) is 4.02. The van der Waals surface area contributed by atoms with Gasteiger partial charge >= 0.3 is 10.2 Å². The van der Waals surface area contributed by atoms with Crippen LogP contribution in [0.3, 0.4) is 0 Å². The van der Waals surface area contributed by atoms with Crippen molar-refractivity contribution in [1.82, 2.24) is 13.3 Å². The number of imidazole rings is 1. The van der Waals surface area contributed by atoms with E-state index in [0.717, 1.165) is 13.9 Å². The normalized spacial score (nSPS) is 13.3. The lowest BCUT2D eigenvalue weighted by atomic mass is 10.2. The van der Waals surface area contributed by atoms with E-state index in [2.05, 4.69) is 4.98 Å². The zero-order valence-electron chi connectivity index (χ0n) is 10.5. The molecule has 0 saturated carbocycles. The Bertz CT molecular complexity index is 549. The molecule has 0 aliphatic carbocycles. The second-order valence-corrected chi connectivity index (χ2v) is 7.02. The first-order chi connectivity index (χ1) is 8.30. The highest BCUT2D eigenvalue weighted by Crippen LogP contribution is 2.16. The number of allylic oxidation sites excluding steroid dienone is 1. The average molecular weight is 385 g/mol. The van der Waals surface area contributed by atoms with Crippen LogP contribution in [-0.4, -0.2) is 47.5 Å². The van der Waals surface area contributed by atoms with Gasteiger partial charge in [-0.1, -0.05) is 11.6 Å². The third kappa shape index (κ3) is 3.31. The highest BCUT2D eigenvalue weighted by molar-refractivity contribution is 14.1. The minimum absolute atomic E-state index is 0.0366. The van der Waals surface area contributed by atoms with E-state index < -0.39 is 10.2 Å². The number of halogens is 1. The van der Waals surface area contributed by atoms with Crippen LogP contribution in [0.2, 0.25) is 0 Å². The van der Waals surface area contributed by atoms with Crippen molar-refractivity contribution in [2.45, 2.75) is 13.3 Å². The third-order valence-electron chi connectivity index (χ3n) is 2.38. The Morgan fingerprint density at radius 1 is 1.61 bits per heavy atom. The number of hydrogen-bond donors (Lipinski definition) is 1. The molecule has 0 unspecified atom stereocenters. The Morgan fingerprint density at radius 2 is 2.22 bits per heavy atom. The lowest BCUT2D eigenvalue weighted by molar-refractivity contribution is 0.331. The predicted molar refractivity (Wildman–Crippen MR) is 77.5 cm³/mol. The second kappa shape index (κ2) is 6.13. The molecule has 102 valence electrons. The number of nitrogens with zero attached hydrogens (tertiary/aromatic N) is 3. The third-order valence-corrected chi connectivity index (χ3v) is 5.02. The van der Waals surface area contributed by atoms with E-state index in [-0.39, 0.29) is 6.61 Å². The Hall–Kier alpha value is -0.450. The molecule has 0 bridgehead atoms. The van der Waals surface area contributed by atoms with Crippen LogP contribution in [0.4, 0.5) is 0 Å². The molecule has 0 saturated heterocycles. The van der Waals surface area contributed by atoms with E-state index in [1.807, 2.05) is 22.6 Å². The first kappa shape index (κ1) is 15.6. The standard InChI is InChI=1S/C10H16IN3O3S/c1-8(6-15)4-5-9-10(11)12-7-14(9)18(16,17)13(2)3/h4,7,15H,5-6H2,1-3H3/b8-4+. The fourth-order valence-electron chi connectivity index (χ4n) is 1.22. The summed E-state index contributed by atoms with van der Waals surface area (Å²) in [6.07, 6.45) is 3.51. The van der Waals surface area contributed by atoms with Crippen LogP contribution in [0, 0.1) is 3.70 Å². The second-order valence-electron chi connectivity index (χ2n) is 3.98. The van der Waals surface area contributed by atoms with Crippen LogP contribution in [0.25, 0.3) is 0 Å². The van der Waals surface area contributed by atoms with Crippen molar-refractivity contribution in [3.63, 3.8) is 0 Å². The van der Waals surface area contributed by atoms with Gasteiger partial charge in [0.1, 0.15) is 10.0 Å². The van der Waals surface area contributed by atoms with Crippen LogP contribution in [0.15, 0.2) is 18.0 Å². The Labute approximate surface area is 121 Å². The maximum atomic E-state index is 12.1. The van der Waals surface area contributed by atoms with Crippen molar-refractivity contribution in [3.8, 4) is 0 Å². The highest BCUT2D eigenvalue weighted by Gasteiger charge is 2.21. The largest absolute Gasteiger partial charge is 0.392 e.